The molecule has 1 aliphatic heterocycles. The van der Waals surface area contributed by atoms with Crippen molar-refractivity contribution >= 4 is 0 Å². The number of likely N-dealkylation sites (tertiary alicyclic amines) is 1. The first-order valence-electron chi connectivity index (χ1n) is 6.24. The molecule has 1 saturated heterocycles. The lowest BCUT2D eigenvalue weighted by Gasteiger charge is -2.33. The van der Waals surface area contributed by atoms with Gasteiger partial charge in [0.2, 0.25) is 0 Å². The van der Waals surface area contributed by atoms with Gasteiger partial charge in [0, 0.05) is 12.6 Å². The summed E-state index contributed by atoms with van der Waals surface area (Å²) in [5.74, 6) is 1.03. The van der Waals surface area contributed by atoms with Gasteiger partial charge < -0.3 is 14.6 Å². The summed E-state index contributed by atoms with van der Waals surface area (Å²) in [6, 6.07) is 4.97. The van der Waals surface area contributed by atoms with Crippen LogP contribution in [0, 0.1) is 0 Å². The quantitative estimate of drug-likeness (QED) is 0.848. The van der Waals surface area contributed by atoms with Gasteiger partial charge in [-0.25, -0.2) is 0 Å². The van der Waals surface area contributed by atoms with Crippen LogP contribution in [0.15, 0.2) is 22.8 Å². The Morgan fingerprint density at radius 1 is 1.56 bits per heavy atom. The van der Waals surface area contributed by atoms with Gasteiger partial charge >= 0.3 is 0 Å². The van der Waals surface area contributed by atoms with Crippen LogP contribution in [0.3, 0.4) is 0 Å². The minimum atomic E-state index is 0.310. The van der Waals surface area contributed by atoms with E-state index < -0.39 is 0 Å². The third-order valence-electron chi connectivity index (χ3n) is 3.55. The fraction of sp³-hybridized carbons (Fsp3) is 0.692. The van der Waals surface area contributed by atoms with Gasteiger partial charge in [-0.1, -0.05) is 6.42 Å². The van der Waals surface area contributed by atoms with Crippen LogP contribution >= 0.6 is 0 Å². The summed E-state index contributed by atoms with van der Waals surface area (Å²) < 4.78 is 5.39. The summed E-state index contributed by atoms with van der Waals surface area (Å²) in [5, 5.41) is 3.55. The Balaban J connectivity index is 1.78. The largest absolute Gasteiger partial charge is 0.468 e. The molecule has 1 aliphatic rings. The van der Waals surface area contributed by atoms with Crippen LogP contribution in [0.1, 0.15) is 38.0 Å². The van der Waals surface area contributed by atoms with Crippen LogP contribution in [0.5, 0.6) is 0 Å². The van der Waals surface area contributed by atoms with E-state index in [1.54, 1.807) is 6.26 Å². The lowest BCUT2D eigenvalue weighted by molar-refractivity contribution is 0.177. The maximum absolute atomic E-state index is 5.39. The second-order valence-electron chi connectivity index (χ2n) is 4.78. The fourth-order valence-corrected chi connectivity index (χ4v) is 2.35. The van der Waals surface area contributed by atoms with Crippen LogP contribution in [-0.4, -0.2) is 31.1 Å². The minimum Gasteiger partial charge on any atom is -0.468 e. The summed E-state index contributed by atoms with van der Waals surface area (Å²) in [6.07, 6.45) is 5.77. The zero-order valence-corrected chi connectivity index (χ0v) is 10.3. The molecule has 2 rings (SSSR count). The number of likely N-dealkylation sites (N-methyl/N-ethyl adjacent to an activating group) is 1. The predicted octanol–water partition coefficient (Wildman–Crippen LogP) is 2.41. The third-order valence-corrected chi connectivity index (χ3v) is 3.55. The fourth-order valence-electron chi connectivity index (χ4n) is 2.35. The molecular formula is C13H22N2O. The summed E-state index contributed by atoms with van der Waals surface area (Å²) >= 11 is 0. The SMILES string of the molecule is CC(NCC1CCCCN1C)c1ccco1. The van der Waals surface area contributed by atoms with Crippen molar-refractivity contribution in [2.45, 2.75) is 38.3 Å². The summed E-state index contributed by atoms with van der Waals surface area (Å²) in [5.41, 5.74) is 0. The van der Waals surface area contributed by atoms with Gasteiger partial charge in [-0.05, 0) is 45.5 Å². The minimum absolute atomic E-state index is 0.310. The zero-order valence-electron chi connectivity index (χ0n) is 10.3. The highest BCUT2D eigenvalue weighted by Gasteiger charge is 2.19. The summed E-state index contributed by atoms with van der Waals surface area (Å²) in [7, 11) is 2.23. The Hall–Kier alpha value is -0.800. The van der Waals surface area contributed by atoms with Gasteiger partial charge in [0.25, 0.3) is 0 Å². The van der Waals surface area contributed by atoms with E-state index in [0.717, 1.165) is 12.3 Å². The molecule has 1 N–H and O–H groups in total. The van der Waals surface area contributed by atoms with Gasteiger partial charge in [0.15, 0.2) is 0 Å². The summed E-state index contributed by atoms with van der Waals surface area (Å²) in [6.45, 7) is 4.45. The normalized spacial score (nSPS) is 24.5. The van der Waals surface area contributed by atoms with Crippen molar-refractivity contribution in [1.29, 1.82) is 0 Å². The average Bonchev–Trinajstić information content (AvgIpc) is 2.81. The Morgan fingerprint density at radius 2 is 2.44 bits per heavy atom. The standard InChI is InChI=1S/C13H22N2O/c1-11(13-7-5-9-16-13)14-10-12-6-3-4-8-15(12)2/h5,7,9,11-12,14H,3-4,6,8,10H2,1-2H3. The number of furan rings is 1. The van der Waals surface area contributed by atoms with Crippen LogP contribution < -0.4 is 5.32 Å². The first kappa shape index (κ1) is 11.7. The Kier molecular flexibility index (Phi) is 4.02. The van der Waals surface area contributed by atoms with Crippen molar-refractivity contribution in [2.24, 2.45) is 0 Å². The topological polar surface area (TPSA) is 28.4 Å². The molecule has 2 atom stereocenters. The smallest absolute Gasteiger partial charge is 0.120 e. The van der Waals surface area contributed by atoms with Gasteiger partial charge in [0.1, 0.15) is 5.76 Å². The monoisotopic (exact) mass is 222 g/mol. The van der Waals surface area contributed by atoms with E-state index in [4.69, 9.17) is 4.42 Å². The molecule has 1 aromatic rings. The van der Waals surface area contributed by atoms with Crippen molar-refractivity contribution in [3.05, 3.63) is 24.2 Å². The number of hydrogen-bond acceptors (Lipinski definition) is 3. The molecule has 0 bridgehead atoms. The number of nitrogens with one attached hydrogen (secondary N) is 1. The van der Waals surface area contributed by atoms with Crippen molar-refractivity contribution < 1.29 is 4.42 Å². The molecule has 16 heavy (non-hydrogen) atoms. The molecular weight excluding hydrogens is 200 g/mol. The molecule has 3 nitrogen and oxygen atoms in total. The van der Waals surface area contributed by atoms with Crippen molar-refractivity contribution in [3.8, 4) is 0 Å². The molecule has 0 amide bonds. The van der Waals surface area contributed by atoms with E-state index in [1.807, 2.05) is 12.1 Å². The molecule has 2 unspecified atom stereocenters. The van der Waals surface area contributed by atoms with Crippen LogP contribution in [0.25, 0.3) is 0 Å². The van der Waals surface area contributed by atoms with Crippen LogP contribution in [0.2, 0.25) is 0 Å². The highest BCUT2D eigenvalue weighted by Crippen LogP contribution is 2.16. The first-order chi connectivity index (χ1) is 7.77. The van der Waals surface area contributed by atoms with Gasteiger partial charge in [0.05, 0.1) is 12.3 Å². The van der Waals surface area contributed by atoms with Crippen molar-refractivity contribution in [2.75, 3.05) is 20.1 Å². The van der Waals surface area contributed by atoms with Crippen LogP contribution in [0.4, 0.5) is 0 Å². The third kappa shape index (κ3) is 2.86. The zero-order chi connectivity index (χ0) is 11.4. The molecule has 2 heterocycles. The predicted molar refractivity (Wildman–Crippen MR) is 65.4 cm³/mol. The molecule has 0 aromatic carbocycles. The number of hydrogen-bond donors (Lipinski definition) is 1. The second kappa shape index (κ2) is 5.51. The molecule has 0 saturated carbocycles. The Bertz CT molecular complexity index is 297. The summed E-state index contributed by atoms with van der Waals surface area (Å²) in [4.78, 5) is 2.46. The van der Waals surface area contributed by atoms with Crippen molar-refractivity contribution in [1.82, 2.24) is 10.2 Å². The molecule has 1 aromatic heterocycles. The lowest BCUT2D eigenvalue weighted by atomic mass is 10.0. The highest BCUT2D eigenvalue weighted by atomic mass is 16.3. The number of nitrogens with zero attached hydrogens (tertiary/aromatic N) is 1. The second-order valence-corrected chi connectivity index (χ2v) is 4.78. The first-order valence-corrected chi connectivity index (χ1v) is 6.24. The maximum atomic E-state index is 5.39. The van der Waals surface area contributed by atoms with E-state index in [1.165, 1.54) is 25.8 Å². The van der Waals surface area contributed by atoms with Gasteiger partial charge in [-0.15, -0.1) is 0 Å². The maximum Gasteiger partial charge on any atom is 0.120 e. The average molecular weight is 222 g/mol. The lowest BCUT2D eigenvalue weighted by Crippen LogP contribution is -2.43. The Morgan fingerprint density at radius 3 is 3.12 bits per heavy atom. The van der Waals surface area contributed by atoms with Crippen molar-refractivity contribution in [3.63, 3.8) is 0 Å². The molecule has 1 fully saturated rings. The Labute approximate surface area is 97.8 Å². The van der Waals surface area contributed by atoms with Crippen LogP contribution in [-0.2, 0) is 0 Å². The molecule has 0 aliphatic carbocycles. The van der Waals surface area contributed by atoms with Gasteiger partial charge in [-0.3, -0.25) is 0 Å². The molecule has 90 valence electrons. The molecule has 0 spiro atoms. The van der Waals surface area contributed by atoms with E-state index in [9.17, 15) is 0 Å². The van der Waals surface area contributed by atoms with E-state index >= 15 is 0 Å². The molecule has 3 heteroatoms. The van der Waals surface area contributed by atoms with E-state index in [-0.39, 0.29) is 0 Å². The molecule has 0 radical (unpaired) electrons. The van der Waals surface area contributed by atoms with E-state index in [0.29, 0.717) is 12.1 Å². The highest BCUT2D eigenvalue weighted by molar-refractivity contribution is 5.03. The van der Waals surface area contributed by atoms with Gasteiger partial charge in [-0.2, -0.15) is 0 Å². The van der Waals surface area contributed by atoms with E-state index in [2.05, 4.69) is 24.2 Å². The number of piperidine rings is 1. The number of rotatable bonds is 4.